The Kier molecular flexibility index (Phi) is 3.01. The molecule has 2 amide bonds. The Labute approximate surface area is 98.6 Å². The van der Waals surface area contributed by atoms with Crippen LogP contribution in [-0.4, -0.2) is 16.4 Å². The number of hydrogen-bond acceptors (Lipinski definition) is 3. The van der Waals surface area contributed by atoms with E-state index in [9.17, 15) is 9.59 Å². The zero-order chi connectivity index (χ0) is 11.7. The first-order valence-corrected chi connectivity index (χ1v) is 6.04. The Morgan fingerprint density at radius 2 is 1.88 bits per heavy atom. The maximum absolute atomic E-state index is 11.5. The number of hydrogen-bond donors (Lipinski definition) is 1. The maximum Gasteiger partial charge on any atom is 0.286 e. The van der Waals surface area contributed by atoms with Gasteiger partial charge in [-0.3, -0.25) is 14.9 Å². The molecule has 3 nitrogen and oxygen atoms in total. The van der Waals surface area contributed by atoms with Gasteiger partial charge in [0.15, 0.2) is 0 Å². The van der Waals surface area contributed by atoms with E-state index in [-0.39, 0.29) is 22.3 Å². The van der Waals surface area contributed by atoms with Gasteiger partial charge in [0.25, 0.3) is 5.24 Å². The van der Waals surface area contributed by atoms with Gasteiger partial charge in [0.2, 0.25) is 5.91 Å². The molecule has 0 spiro atoms. The van der Waals surface area contributed by atoms with Crippen molar-refractivity contribution >= 4 is 22.9 Å². The van der Waals surface area contributed by atoms with Crippen LogP contribution in [0, 0.1) is 6.92 Å². The summed E-state index contributed by atoms with van der Waals surface area (Å²) >= 11 is 1.08. The molecule has 1 fully saturated rings. The number of carbonyl (C=O) groups excluding carboxylic acids is 2. The van der Waals surface area contributed by atoms with Gasteiger partial charge in [0.1, 0.15) is 0 Å². The summed E-state index contributed by atoms with van der Waals surface area (Å²) < 4.78 is 0. The molecule has 0 aliphatic carbocycles. The molecule has 1 heterocycles. The minimum Gasteiger partial charge on any atom is -0.286 e. The molecule has 1 aromatic carbocycles. The fourth-order valence-corrected chi connectivity index (χ4v) is 2.66. The molecule has 1 aromatic rings. The molecule has 2 atom stereocenters. The van der Waals surface area contributed by atoms with Crippen molar-refractivity contribution in [3.63, 3.8) is 0 Å². The second kappa shape index (κ2) is 4.29. The van der Waals surface area contributed by atoms with Crippen molar-refractivity contribution in [2.24, 2.45) is 0 Å². The first kappa shape index (κ1) is 11.2. The lowest BCUT2D eigenvalue weighted by Gasteiger charge is -2.15. The van der Waals surface area contributed by atoms with Gasteiger partial charge in [-0.05, 0) is 12.5 Å². The lowest BCUT2D eigenvalue weighted by atomic mass is 9.96. The van der Waals surface area contributed by atoms with Gasteiger partial charge in [-0.25, -0.2) is 0 Å². The molecule has 0 bridgehead atoms. The second-order valence-corrected chi connectivity index (χ2v) is 5.13. The normalized spacial score (nSPS) is 22.0. The quantitative estimate of drug-likeness (QED) is 0.856. The van der Waals surface area contributed by atoms with E-state index in [4.69, 9.17) is 0 Å². The number of nitrogens with one attached hydrogen (secondary N) is 1. The van der Waals surface area contributed by atoms with Crippen LogP contribution in [0.4, 0.5) is 4.79 Å². The lowest BCUT2D eigenvalue weighted by Crippen LogP contribution is -2.27. The number of carbonyl (C=O) groups is 2. The Balaban J connectivity index is 2.19. The molecule has 4 heteroatoms. The van der Waals surface area contributed by atoms with E-state index < -0.39 is 0 Å². The first-order valence-electron chi connectivity index (χ1n) is 5.16. The number of imide groups is 1. The third-order valence-corrected chi connectivity index (χ3v) is 3.97. The highest BCUT2D eigenvalue weighted by Crippen LogP contribution is 2.32. The average molecular weight is 235 g/mol. The van der Waals surface area contributed by atoms with Crippen molar-refractivity contribution in [2.45, 2.75) is 25.0 Å². The van der Waals surface area contributed by atoms with E-state index in [0.717, 1.165) is 17.3 Å². The fourth-order valence-electron chi connectivity index (χ4n) is 1.74. The van der Waals surface area contributed by atoms with E-state index in [0.29, 0.717) is 0 Å². The van der Waals surface area contributed by atoms with E-state index in [2.05, 4.69) is 5.32 Å². The smallest absolute Gasteiger partial charge is 0.286 e. The minimum absolute atomic E-state index is 0.0528. The average Bonchev–Trinajstić information content (AvgIpc) is 2.58. The maximum atomic E-state index is 11.5. The van der Waals surface area contributed by atoms with Crippen LogP contribution in [0.25, 0.3) is 0 Å². The molecule has 1 aliphatic rings. The number of thioether (sulfide) groups is 1. The van der Waals surface area contributed by atoms with Crippen LogP contribution in [0.5, 0.6) is 0 Å². The Hall–Kier alpha value is -1.29. The van der Waals surface area contributed by atoms with E-state index in [1.807, 2.05) is 38.1 Å². The monoisotopic (exact) mass is 235 g/mol. The summed E-state index contributed by atoms with van der Waals surface area (Å²) in [5.41, 5.74) is 2.28. The molecular weight excluding hydrogens is 222 g/mol. The molecule has 0 radical (unpaired) electrons. The van der Waals surface area contributed by atoms with Crippen LogP contribution in [0.15, 0.2) is 24.3 Å². The Bertz CT molecular complexity index is 427. The highest BCUT2D eigenvalue weighted by atomic mass is 32.2. The van der Waals surface area contributed by atoms with Gasteiger partial charge in [-0.15, -0.1) is 0 Å². The minimum atomic E-state index is -0.296. The number of aryl methyl sites for hydroxylation is 1. The second-order valence-electron chi connectivity index (χ2n) is 4.01. The summed E-state index contributed by atoms with van der Waals surface area (Å²) in [6.45, 7) is 4.00. The van der Waals surface area contributed by atoms with Crippen molar-refractivity contribution in [3.8, 4) is 0 Å². The fraction of sp³-hybridized carbons (Fsp3) is 0.333. The van der Waals surface area contributed by atoms with E-state index in [1.165, 1.54) is 5.56 Å². The van der Waals surface area contributed by atoms with Crippen LogP contribution < -0.4 is 5.32 Å². The Morgan fingerprint density at radius 3 is 2.38 bits per heavy atom. The molecule has 16 heavy (non-hydrogen) atoms. The van der Waals surface area contributed by atoms with Crippen LogP contribution >= 0.6 is 11.8 Å². The molecule has 1 saturated heterocycles. The molecule has 0 saturated carbocycles. The van der Waals surface area contributed by atoms with Gasteiger partial charge in [-0.2, -0.15) is 0 Å². The zero-order valence-corrected chi connectivity index (χ0v) is 10.0. The van der Waals surface area contributed by atoms with E-state index in [1.54, 1.807) is 0 Å². The summed E-state index contributed by atoms with van der Waals surface area (Å²) in [6, 6.07) is 8.06. The van der Waals surface area contributed by atoms with Crippen LogP contribution in [0.1, 0.15) is 24.0 Å². The molecule has 2 rings (SSSR count). The molecule has 1 N–H and O–H groups in total. The summed E-state index contributed by atoms with van der Waals surface area (Å²) in [5, 5.41) is 1.78. The molecule has 84 valence electrons. The van der Waals surface area contributed by atoms with Gasteiger partial charge in [0.05, 0.1) is 5.25 Å². The Morgan fingerprint density at radius 1 is 1.25 bits per heavy atom. The van der Waals surface area contributed by atoms with Gasteiger partial charge in [0, 0.05) is 5.92 Å². The van der Waals surface area contributed by atoms with E-state index >= 15 is 0 Å². The van der Waals surface area contributed by atoms with Crippen LogP contribution in [-0.2, 0) is 4.79 Å². The first-order chi connectivity index (χ1) is 7.58. The van der Waals surface area contributed by atoms with Gasteiger partial charge < -0.3 is 0 Å². The topological polar surface area (TPSA) is 46.2 Å². The highest BCUT2D eigenvalue weighted by molar-refractivity contribution is 8.15. The van der Waals surface area contributed by atoms with Gasteiger partial charge >= 0.3 is 0 Å². The zero-order valence-electron chi connectivity index (χ0n) is 9.19. The summed E-state index contributed by atoms with van der Waals surface area (Å²) in [6.07, 6.45) is 0. The number of amides is 2. The van der Waals surface area contributed by atoms with Crippen molar-refractivity contribution in [1.29, 1.82) is 0 Å². The molecular formula is C12H13NO2S. The van der Waals surface area contributed by atoms with Crippen molar-refractivity contribution in [1.82, 2.24) is 5.32 Å². The number of benzene rings is 1. The third kappa shape index (κ3) is 2.11. The third-order valence-electron chi connectivity index (χ3n) is 2.77. The molecule has 1 aliphatic heterocycles. The van der Waals surface area contributed by atoms with Crippen molar-refractivity contribution < 1.29 is 9.59 Å². The summed E-state index contributed by atoms with van der Waals surface area (Å²) in [7, 11) is 0. The molecule has 0 aromatic heterocycles. The predicted molar refractivity (Wildman–Crippen MR) is 64.5 cm³/mol. The van der Waals surface area contributed by atoms with Crippen LogP contribution in [0.2, 0.25) is 0 Å². The SMILES string of the molecule is Cc1ccc(C(C)C2SC(=O)NC2=O)cc1. The largest absolute Gasteiger partial charge is 0.286 e. The summed E-state index contributed by atoms with van der Waals surface area (Å²) in [4.78, 5) is 22.6. The summed E-state index contributed by atoms with van der Waals surface area (Å²) in [5.74, 6) is -0.125. The van der Waals surface area contributed by atoms with Crippen molar-refractivity contribution in [2.75, 3.05) is 0 Å². The van der Waals surface area contributed by atoms with Gasteiger partial charge in [-0.1, -0.05) is 48.5 Å². The predicted octanol–water partition coefficient (Wildman–Crippen LogP) is 2.45. The van der Waals surface area contributed by atoms with Crippen molar-refractivity contribution in [3.05, 3.63) is 35.4 Å². The standard InChI is InChI=1S/C12H13NO2S/c1-7-3-5-9(6-4-7)8(2)10-11(14)13-12(15)16-10/h3-6,8,10H,1-2H3,(H,13,14,15). The number of rotatable bonds is 2. The van der Waals surface area contributed by atoms with Crippen LogP contribution in [0.3, 0.4) is 0 Å². The highest BCUT2D eigenvalue weighted by Gasteiger charge is 2.36. The molecule has 2 unspecified atom stereocenters. The lowest BCUT2D eigenvalue weighted by molar-refractivity contribution is -0.119.